The van der Waals surface area contributed by atoms with Crippen molar-refractivity contribution in [2.45, 2.75) is 25.1 Å². The van der Waals surface area contributed by atoms with Gasteiger partial charge in [0.2, 0.25) is 5.75 Å². The standard InChI is InChI=1S/C38H40ClN3O9/c1-44-29-12-8-22(31-21-28(42-51-31)24-18-34(46-3)36(48-5)35(19-24)47-4)16-33(29)50-15-7-6-14-49-30-13-9-23(17-32(30)45-2)37-40-27-11-10-25(39)20-26(27)38(43)41-37/h8-13,16-21,31,37,40,42H,6-7,14-15H2,1-5H3,(H,41,43)/i37+1. The molecular weight excluding hydrogens is 679 g/mol. The van der Waals surface area contributed by atoms with E-state index in [4.69, 9.17) is 49.6 Å². The van der Waals surface area contributed by atoms with Gasteiger partial charge in [0.15, 0.2) is 34.5 Å². The summed E-state index contributed by atoms with van der Waals surface area (Å²) in [6.45, 7) is 0.911. The van der Waals surface area contributed by atoms with Crippen molar-refractivity contribution in [3.8, 4) is 40.2 Å². The summed E-state index contributed by atoms with van der Waals surface area (Å²) >= 11 is 6.06. The van der Waals surface area contributed by atoms with Crippen LogP contribution in [0.15, 0.2) is 72.8 Å². The van der Waals surface area contributed by atoms with Gasteiger partial charge < -0.3 is 43.8 Å². The molecule has 0 aliphatic carbocycles. The number of nitrogens with one attached hydrogen (secondary N) is 3. The van der Waals surface area contributed by atoms with Gasteiger partial charge in [-0.15, -0.1) is 0 Å². The van der Waals surface area contributed by atoms with Crippen LogP contribution in [0.25, 0.3) is 5.70 Å². The van der Waals surface area contributed by atoms with Crippen molar-refractivity contribution in [1.29, 1.82) is 0 Å². The van der Waals surface area contributed by atoms with E-state index in [0.29, 0.717) is 69.7 Å². The molecule has 0 saturated carbocycles. The van der Waals surface area contributed by atoms with Gasteiger partial charge in [0.1, 0.15) is 12.3 Å². The van der Waals surface area contributed by atoms with Gasteiger partial charge in [-0.05, 0) is 84.6 Å². The predicted octanol–water partition coefficient (Wildman–Crippen LogP) is 7.09. The van der Waals surface area contributed by atoms with Gasteiger partial charge in [-0.2, -0.15) is 0 Å². The van der Waals surface area contributed by atoms with E-state index in [1.165, 1.54) is 0 Å². The second-order valence-corrected chi connectivity index (χ2v) is 12.0. The SMILES string of the molecule is COc1cc([13CH]2NC(=O)c3cc(Cl)ccc3N2)ccc1OCCCCOc1cc(C2C=C(c3cc(OC)c(OC)c(OC)c3)NO2)ccc1OC. The highest BCUT2D eigenvalue weighted by Crippen LogP contribution is 2.42. The number of carbonyl (C=O) groups excluding carboxylic acids is 1. The van der Waals surface area contributed by atoms with Gasteiger partial charge in [-0.1, -0.05) is 23.7 Å². The van der Waals surface area contributed by atoms with Gasteiger partial charge in [0, 0.05) is 16.3 Å². The molecule has 1 amide bonds. The van der Waals surface area contributed by atoms with E-state index in [1.807, 2.05) is 54.6 Å². The summed E-state index contributed by atoms with van der Waals surface area (Å²) in [7, 11) is 7.92. The number of halogens is 1. The summed E-state index contributed by atoms with van der Waals surface area (Å²) in [5, 5.41) is 6.80. The van der Waals surface area contributed by atoms with Crippen molar-refractivity contribution in [3.63, 3.8) is 0 Å². The van der Waals surface area contributed by atoms with Crippen LogP contribution in [-0.4, -0.2) is 54.7 Å². The van der Waals surface area contributed by atoms with Crippen molar-refractivity contribution in [2.24, 2.45) is 0 Å². The number of methoxy groups -OCH3 is 5. The second kappa shape index (κ2) is 16.0. The number of amides is 1. The Labute approximate surface area is 301 Å². The fraction of sp³-hybridized carbons (Fsp3) is 0.289. The number of hydroxylamine groups is 1. The number of unbranched alkanes of at least 4 members (excludes halogenated alkanes) is 1. The number of fused-ring (bicyclic) bond motifs is 1. The van der Waals surface area contributed by atoms with Crippen LogP contribution < -0.4 is 49.3 Å². The molecule has 51 heavy (non-hydrogen) atoms. The monoisotopic (exact) mass is 718 g/mol. The Morgan fingerprint density at radius 2 is 1.31 bits per heavy atom. The molecule has 0 spiro atoms. The van der Waals surface area contributed by atoms with Crippen LogP contribution in [0.5, 0.6) is 40.2 Å². The average Bonchev–Trinajstić information content (AvgIpc) is 3.66. The molecule has 268 valence electrons. The molecule has 2 unspecified atom stereocenters. The topological polar surface area (TPSA) is 127 Å². The summed E-state index contributed by atoms with van der Waals surface area (Å²) < 4.78 is 39.8. The number of anilines is 1. The first kappa shape index (κ1) is 35.4. The largest absolute Gasteiger partial charge is 0.493 e. The highest BCUT2D eigenvalue weighted by Gasteiger charge is 2.26. The first-order valence-electron chi connectivity index (χ1n) is 16.3. The van der Waals surface area contributed by atoms with E-state index in [-0.39, 0.29) is 12.0 Å². The lowest BCUT2D eigenvalue weighted by Gasteiger charge is -2.28. The number of carbonyl (C=O) groups is 1. The fourth-order valence-corrected chi connectivity index (χ4v) is 6.01. The second-order valence-electron chi connectivity index (χ2n) is 11.6. The third kappa shape index (κ3) is 7.82. The fourth-order valence-electron chi connectivity index (χ4n) is 5.83. The molecule has 2 atom stereocenters. The van der Waals surface area contributed by atoms with Crippen LogP contribution in [0.2, 0.25) is 5.02 Å². The van der Waals surface area contributed by atoms with Crippen molar-refractivity contribution in [1.82, 2.24) is 10.8 Å². The maximum Gasteiger partial charge on any atom is 0.255 e. The lowest BCUT2D eigenvalue weighted by Crippen LogP contribution is -2.38. The maximum absolute atomic E-state index is 12.7. The highest BCUT2D eigenvalue weighted by molar-refractivity contribution is 6.31. The minimum Gasteiger partial charge on any atom is -0.493 e. The molecule has 2 heterocycles. The molecule has 0 aromatic heterocycles. The molecule has 6 rings (SSSR count). The zero-order valence-corrected chi connectivity index (χ0v) is 29.7. The third-order valence-electron chi connectivity index (χ3n) is 8.48. The van der Waals surface area contributed by atoms with E-state index < -0.39 is 6.17 Å². The molecule has 0 fully saturated rings. The molecule has 2 aliphatic rings. The highest BCUT2D eigenvalue weighted by atomic mass is 35.5. The van der Waals surface area contributed by atoms with Gasteiger partial charge >= 0.3 is 0 Å². The molecule has 0 bridgehead atoms. The van der Waals surface area contributed by atoms with Gasteiger partial charge in [-0.3, -0.25) is 15.1 Å². The van der Waals surface area contributed by atoms with Gasteiger partial charge in [0.25, 0.3) is 5.91 Å². The summed E-state index contributed by atoms with van der Waals surface area (Å²) in [4.78, 5) is 18.6. The Hall–Kier alpha value is -5.46. The molecule has 0 saturated heterocycles. The van der Waals surface area contributed by atoms with Crippen LogP contribution in [-0.2, 0) is 4.84 Å². The molecular formula is C38H40ClN3O9. The van der Waals surface area contributed by atoms with Crippen molar-refractivity contribution >= 4 is 28.9 Å². The zero-order chi connectivity index (χ0) is 35.9. The van der Waals surface area contributed by atoms with Crippen LogP contribution in [0.3, 0.4) is 0 Å². The molecule has 2 aliphatic heterocycles. The average molecular weight is 719 g/mol. The van der Waals surface area contributed by atoms with Gasteiger partial charge in [0.05, 0.1) is 60.0 Å². The molecule has 13 heteroatoms. The first-order chi connectivity index (χ1) is 24.8. The Kier molecular flexibility index (Phi) is 11.1. The van der Waals surface area contributed by atoms with E-state index in [0.717, 1.165) is 35.2 Å². The minimum atomic E-state index is -0.432. The smallest absolute Gasteiger partial charge is 0.255 e. The quantitative estimate of drug-likeness (QED) is 0.0861. The van der Waals surface area contributed by atoms with Crippen molar-refractivity contribution in [2.75, 3.05) is 54.1 Å². The number of hydrogen-bond acceptors (Lipinski definition) is 11. The first-order valence-corrected chi connectivity index (χ1v) is 16.7. The van der Waals surface area contributed by atoms with Crippen LogP contribution >= 0.6 is 11.6 Å². The van der Waals surface area contributed by atoms with Crippen LogP contribution in [0.4, 0.5) is 5.69 Å². The van der Waals surface area contributed by atoms with Crippen molar-refractivity contribution in [3.05, 3.63) is 100 Å². The minimum absolute atomic E-state index is 0.204. The molecule has 4 aromatic carbocycles. The third-order valence-corrected chi connectivity index (χ3v) is 8.72. The molecule has 3 N–H and O–H groups in total. The molecule has 12 nitrogen and oxygen atoms in total. The molecule has 4 aromatic rings. The summed E-state index contributed by atoms with van der Waals surface area (Å²) in [6.07, 6.45) is 2.65. The van der Waals surface area contributed by atoms with Crippen molar-refractivity contribution < 1.29 is 42.8 Å². The van der Waals surface area contributed by atoms with E-state index in [1.54, 1.807) is 53.7 Å². The number of hydrogen-bond donors (Lipinski definition) is 3. The Morgan fingerprint density at radius 1 is 0.667 bits per heavy atom. The van der Waals surface area contributed by atoms with Crippen LogP contribution in [0, 0.1) is 0 Å². The zero-order valence-electron chi connectivity index (χ0n) is 29.0. The number of benzene rings is 4. The number of ether oxygens (including phenoxy) is 7. The maximum atomic E-state index is 12.7. The predicted molar refractivity (Wildman–Crippen MR) is 193 cm³/mol. The lowest BCUT2D eigenvalue weighted by atomic mass is 10.1. The summed E-state index contributed by atoms with van der Waals surface area (Å²) in [5.74, 6) is 3.80. The van der Waals surface area contributed by atoms with E-state index in [2.05, 4.69) is 16.1 Å². The lowest BCUT2D eigenvalue weighted by molar-refractivity contribution is 0.0509. The Bertz CT molecular complexity index is 1890. The van der Waals surface area contributed by atoms with Gasteiger partial charge in [-0.25, -0.2) is 0 Å². The normalized spacial score (nSPS) is 16.1. The van der Waals surface area contributed by atoms with Crippen LogP contribution in [0.1, 0.15) is 52.2 Å². The Morgan fingerprint density at radius 3 is 2.00 bits per heavy atom. The number of rotatable bonds is 15. The Balaban J connectivity index is 1.03. The van der Waals surface area contributed by atoms with E-state index >= 15 is 0 Å². The summed E-state index contributed by atoms with van der Waals surface area (Å²) in [6, 6.07) is 20.2. The van der Waals surface area contributed by atoms with E-state index in [9.17, 15) is 4.79 Å². The molecule has 0 radical (unpaired) electrons. The summed E-state index contributed by atoms with van der Waals surface area (Å²) in [5.41, 5.74) is 7.52.